The fraction of sp³-hybridized carbons (Fsp3) is 0.643. The molecule has 0 aromatic rings. The summed E-state index contributed by atoms with van der Waals surface area (Å²) in [5.41, 5.74) is 0. The number of amides is 3. The van der Waals surface area contributed by atoms with Crippen LogP contribution >= 0.6 is 0 Å². The lowest BCUT2D eigenvalue weighted by molar-refractivity contribution is -0.138. The van der Waals surface area contributed by atoms with Crippen LogP contribution in [0, 0.1) is 5.92 Å². The van der Waals surface area contributed by atoms with Crippen LogP contribution in [0.2, 0.25) is 0 Å². The SMILES string of the molecule is CC1CN(C(=O)CCCCCN2C(=O)C=CC2=O)C1. The highest BCUT2D eigenvalue weighted by Crippen LogP contribution is 2.16. The maximum atomic E-state index is 11.7. The highest BCUT2D eigenvalue weighted by atomic mass is 16.2. The molecule has 0 aromatic heterocycles. The van der Waals surface area contributed by atoms with Crippen molar-refractivity contribution in [1.82, 2.24) is 9.80 Å². The molecule has 2 rings (SSSR count). The molecular weight excluding hydrogens is 244 g/mol. The third-order valence-electron chi connectivity index (χ3n) is 3.59. The van der Waals surface area contributed by atoms with E-state index >= 15 is 0 Å². The minimum Gasteiger partial charge on any atom is -0.342 e. The van der Waals surface area contributed by atoms with Crippen LogP contribution in [0.15, 0.2) is 12.2 Å². The number of carbonyl (C=O) groups is 3. The number of hydrogen-bond donors (Lipinski definition) is 0. The molecule has 1 saturated heterocycles. The monoisotopic (exact) mass is 264 g/mol. The summed E-state index contributed by atoms with van der Waals surface area (Å²) in [6.07, 6.45) is 5.64. The van der Waals surface area contributed by atoms with Gasteiger partial charge >= 0.3 is 0 Å². The molecule has 0 saturated carbocycles. The van der Waals surface area contributed by atoms with E-state index in [-0.39, 0.29) is 17.7 Å². The molecule has 0 aromatic carbocycles. The number of hydrogen-bond acceptors (Lipinski definition) is 3. The first-order valence-corrected chi connectivity index (χ1v) is 6.89. The smallest absolute Gasteiger partial charge is 0.253 e. The van der Waals surface area contributed by atoms with E-state index in [4.69, 9.17) is 0 Å². The van der Waals surface area contributed by atoms with Crippen LogP contribution in [0.25, 0.3) is 0 Å². The summed E-state index contributed by atoms with van der Waals surface area (Å²) in [4.78, 5) is 37.4. The summed E-state index contributed by atoms with van der Waals surface area (Å²) < 4.78 is 0. The number of imide groups is 1. The normalized spacial score (nSPS) is 19.2. The van der Waals surface area contributed by atoms with E-state index in [1.807, 2.05) is 4.90 Å². The molecule has 5 nitrogen and oxygen atoms in total. The Bertz CT molecular complexity index is 393. The Kier molecular flexibility index (Phi) is 4.35. The highest BCUT2D eigenvalue weighted by Gasteiger charge is 2.26. The van der Waals surface area contributed by atoms with Gasteiger partial charge in [-0.15, -0.1) is 0 Å². The fourth-order valence-electron chi connectivity index (χ4n) is 2.44. The van der Waals surface area contributed by atoms with Crippen LogP contribution in [0.4, 0.5) is 0 Å². The molecule has 2 aliphatic rings. The second-order valence-electron chi connectivity index (χ2n) is 5.38. The Balaban J connectivity index is 1.54. The van der Waals surface area contributed by atoms with Crippen LogP contribution in [0.5, 0.6) is 0 Å². The predicted molar refractivity (Wildman–Crippen MR) is 70.1 cm³/mol. The summed E-state index contributed by atoms with van der Waals surface area (Å²) in [6, 6.07) is 0. The van der Waals surface area contributed by atoms with Gasteiger partial charge in [0, 0.05) is 38.2 Å². The summed E-state index contributed by atoms with van der Waals surface area (Å²) in [6.45, 7) is 4.38. The lowest BCUT2D eigenvalue weighted by Gasteiger charge is -2.37. The Morgan fingerprint density at radius 1 is 1.16 bits per heavy atom. The highest BCUT2D eigenvalue weighted by molar-refractivity contribution is 6.12. The Labute approximate surface area is 113 Å². The van der Waals surface area contributed by atoms with Crippen molar-refractivity contribution in [2.45, 2.75) is 32.6 Å². The van der Waals surface area contributed by atoms with Gasteiger partial charge in [-0.05, 0) is 18.8 Å². The van der Waals surface area contributed by atoms with Gasteiger partial charge in [0.1, 0.15) is 0 Å². The maximum Gasteiger partial charge on any atom is 0.253 e. The Hall–Kier alpha value is -1.65. The van der Waals surface area contributed by atoms with Gasteiger partial charge in [-0.2, -0.15) is 0 Å². The van der Waals surface area contributed by atoms with E-state index in [9.17, 15) is 14.4 Å². The molecule has 1 fully saturated rings. The molecule has 3 amide bonds. The second kappa shape index (κ2) is 5.99. The molecule has 2 heterocycles. The zero-order valence-electron chi connectivity index (χ0n) is 11.3. The first-order valence-electron chi connectivity index (χ1n) is 6.89. The summed E-state index contributed by atoms with van der Waals surface area (Å²) in [7, 11) is 0. The minimum atomic E-state index is -0.226. The van der Waals surface area contributed by atoms with Gasteiger partial charge < -0.3 is 4.90 Å². The third-order valence-corrected chi connectivity index (χ3v) is 3.59. The van der Waals surface area contributed by atoms with E-state index in [1.165, 1.54) is 17.1 Å². The van der Waals surface area contributed by atoms with Crippen LogP contribution < -0.4 is 0 Å². The van der Waals surface area contributed by atoms with E-state index in [1.54, 1.807) is 0 Å². The molecule has 104 valence electrons. The van der Waals surface area contributed by atoms with E-state index in [0.29, 0.717) is 18.9 Å². The average Bonchev–Trinajstić information content (AvgIpc) is 2.65. The summed E-state index contributed by atoms with van der Waals surface area (Å²) >= 11 is 0. The molecule has 2 aliphatic heterocycles. The molecule has 0 spiro atoms. The maximum absolute atomic E-state index is 11.7. The molecule has 0 N–H and O–H groups in total. The Morgan fingerprint density at radius 3 is 2.37 bits per heavy atom. The molecule has 19 heavy (non-hydrogen) atoms. The standard InChI is InChI=1S/C14H20N2O3/c1-11-9-15(10-11)12(17)5-3-2-4-8-16-13(18)6-7-14(16)19/h6-7,11H,2-5,8-10H2,1H3. The number of likely N-dealkylation sites (tertiary alicyclic amines) is 1. The zero-order chi connectivity index (χ0) is 13.8. The van der Waals surface area contributed by atoms with Crippen molar-refractivity contribution in [2.24, 2.45) is 5.92 Å². The molecule has 0 atom stereocenters. The van der Waals surface area contributed by atoms with Crippen molar-refractivity contribution in [3.63, 3.8) is 0 Å². The van der Waals surface area contributed by atoms with Crippen LogP contribution in [-0.2, 0) is 14.4 Å². The number of nitrogens with zero attached hydrogens (tertiary/aromatic N) is 2. The molecule has 5 heteroatoms. The minimum absolute atomic E-state index is 0.226. The van der Waals surface area contributed by atoms with Crippen LogP contribution in [-0.4, -0.2) is 47.2 Å². The first-order chi connectivity index (χ1) is 9.08. The largest absolute Gasteiger partial charge is 0.342 e. The van der Waals surface area contributed by atoms with Crippen LogP contribution in [0.1, 0.15) is 32.6 Å². The number of carbonyl (C=O) groups excluding carboxylic acids is 3. The average molecular weight is 264 g/mol. The Morgan fingerprint density at radius 2 is 1.79 bits per heavy atom. The van der Waals surface area contributed by atoms with Crippen LogP contribution in [0.3, 0.4) is 0 Å². The van der Waals surface area contributed by atoms with Gasteiger partial charge in [-0.3, -0.25) is 19.3 Å². The van der Waals surface area contributed by atoms with E-state index < -0.39 is 0 Å². The van der Waals surface area contributed by atoms with Gasteiger partial charge in [0.05, 0.1) is 0 Å². The van der Waals surface area contributed by atoms with Crippen molar-refractivity contribution in [1.29, 1.82) is 0 Å². The van der Waals surface area contributed by atoms with Crippen molar-refractivity contribution >= 4 is 17.7 Å². The lowest BCUT2D eigenvalue weighted by Crippen LogP contribution is -2.48. The fourth-order valence-corrected chi connectivity index (χ4v) is 2.44. The molecular formula is C14H20N2O3. The molecule has 0 radical (unpaired) electrons. The van der Waals surface area contributed by atoms with E-state index in [2.05, 4.69) is 6.92 Å². The van der Waals surface area contributed by atoms with Crippen molar-refractivity contribution in [2.75, 3.05) is 19.6 Å². The van der Waals surface area contributed by atoms with Crippen molar-refractivity contribution in [3.8, 4) is 0 Å². The topological polar surface area (TPSA) is 57.7 Å². The molecule has 0 bridgehead atoms. The number of unbranched alkanes of at least 4 members (excludes halogenated alkanes) is 2. The quantitative estimate of drug-likeness (QED) is 0.530. The van der Waals surface area contributed by atoms with Crippen molar-refractivity contribution < 1.29 is 14.4 Å². The lowest BCUT2D eigenvalue weighted by atomic mass is 10.0. The second-order valence-corrected chi connectivity index (χ2v) is 5.38. The first kappa shape index (κ1) is 13.8. The van der Waals surface area contributed by atoms with Gasteiger partial charge in [0.15, 0.2) is 0 Å². The van der Waals surface area contributed by atoms with Crippen molar-refractivity contribution in [3.05, 3.63) is 12.2 Å². The molecule has 0 unspecified atom stereocenters. The zero-order valence-corrected chi connectivity index (χ0v) is 11.3. The molecule has 0 aliphatic carbocycles. The van der Waals surface area contributed by atoms with Gasteiger partial charge in [-0.25, -0.2) is 0 Å². The van der Waals surface area contributed by atoms with E-state index in [0.717, 1.165) is 32.4 Å². The number of rotatable bonds is 6. The van der Waals surface area contributed by atoms with Gasteiger partial charge in [0.2, 0.25) is 5.91 Å². The van der Waals surface area contributed by atoms with Gasteiger partial charge in [-0.1, -0.05) is 13.3 Å². The third kappa shape index (κ3) is 3.43. The van der Waals surface area contributed by atoms with Gasteiger partial charge in [0.25, 0.3) is 11.8 Å². The summed E-state index contributed by atoms with van der Waals surface area (Å²) in [5.74, 6) is 0.419. The summed E-state index contributed by atoms with van der Waals surface area (Å²) in [5, 5.41) is 0. The predicted octanol–water partition coefficient (Wildman–Crippen LogP) is 0.950.